The Morgan fingerprint density at radius 1 is 1.53 bits per heavy atom. The second kappa shape index (κ2) is 4.49. The van der Waals surface area contributed by atoms with Crippen molar-refractivity contribution in [1.82, 2.24) is 0 Å². The van der Waals surface area contributed by atoms with Crippen LogP contribution >= 0.6 is 22.6 Å². The van der Waals surface area contributed by atoms with Crippen LogP contribution in [0.15, 0.2) is 17.0 Å². The smallest absolute Gasteiger partial charge is 0.189 e. The van der Waals surface area contributed by atoms with Crippen molar-refractivity contribution in [3.63, 3.8) is 0 Å². The molecule has 0 heterocycles. The molecule has 0 saturated heterocycles. The van der Waals surface area contributed by atoms with Gasteiger partial charge in [-0.15, -0.1) is 16.2 Å². The van der Waals surface area contributed by atoms with Gasteiger partial charge in [-0.25, -0.2) is 0 Å². The van der Waals surface area contributed by atoms with Crippen molar-refractivity contribution >= 4 is 32.8 Å². The molecule has 2 nitrogen and oxygen atoms in total. The van der Waals surface area contributed by atoms with E-state index in [2.05, 4.69) is 5.92 Å². The number of benzene rings is 1. The van der Waals surface area contributed by atoms with Gasteiger partial charge < -0.3 is 0 Å². The van der Waals surface area contributed by atoms with Crippen LogP contribution in [0.1, 0.15) is 11.1 Å². The third kappa shape index (κ3) is 2.92. The predicted molar refractivity (Wildman–Crippen MR) is 64.7 cm³/mol. The summed E-state index contributed by atoms with van der Waals surface area (Å²) in [6.45, 7) is 1.56. The fourth-order valence-corrected chi connectivity index (χ4v) is 2.82. The number of rotatable bonds is 2. The molecule has 1 rings (SSSR count). The Labute approximate surface area is 102 Å². The highest BCUT2D eigenvalue weighted by Crippen LogP contribution is 2.24. The van der Waals surface area contributed by atoms with E-state index in [-0.39, 0.29) is 4.90 Å². The monoisotopic (exact) mass is 338 g/mol. The standard InChI is InChI=1S/C10H8FIO2S/c1-3-4-8-5-9(12)7(2)10(6-8)15(11,13)14/h1,5-6H,4H2,2H3. The van der Waals surface area contributed by atoms with Crippen molar-refractivity contribution in [3.8, 4) is 12.3 Å². The van der Waals surface area contributed by atoms with E-state index in [4.69, 9.17) is 6.42 Å². The number of halogens is 2. The van der Waals surface area contributed by atoms with Gasteiger partial charge in [0.1, 0.15) is 4.90 Å². The molecule has 15 heavy (non-hydrogen) atoms. The lowest BCUT2D eigenvalue weighted by Crippen LogP contribution is -2.00. The van der Waals surface area contributed by atoms with Crippen LogP contribution in [0, 0.1) is 22.8 Å². The SMILES string of the molecule is C#CCc1cc(I)c(C)c(S(=O)(=O)F)c1. The molecule has 0 saturated carbocycles. The first-order chi connectivity index (χ1) is 6.86. The Morgan fingerprint density at radius 2 is 2.13 bits per heavy atom. The van der Waals surface area contributed by atoms with Crippen LogP contribution in [-0.4, -0.2) is 8.42 Å². The first-order valence-corrected chi connectivity index (χ1v) is 6.49. The summed E-state index contributed by atoms with van der Waals surface area (Å²) >= 11 is 1.96. The second-order valence-electron chi connectivity index (χ2n) is 3.02. The minimum absolute atomic E-state index is 0.290. The zero-order chi connectivity index (χ0) is 11.6. The molecule has 0 aromatic heterocycles. The molecular weight excluding hydrogens is 330 g/mol. The summed E-state index contributed by atoms with van der Waals surface area (Å²) in [7, 11) is -4.67. The Kier molecular flexibility index (Phi) is 3.73. The Balaban J connectivity index is 3.47. The van der Waals surface area contributed by atoms with Gasteiger partial charge in [-0.1, -0.05) is 0 Å². The Morgan fingerprint density at radius 3 is 2.60 bits per heavy atom. The zero-order valence-corrected chi connectivity index (χ0v) is 10.9. The summed E-state index contributed by atoms with van der Waals surface area (Å²) in [6, 6.07) is 3.04. The molecule has 80 valence electrons. The molecule has 0 amide bonds. The highest BCUT2D eigenvalue weighted by atomic mass is 127. The van der Waals surface area contributed by atoms with Gasteiger partial charge in [0.05, 0.1) is 0 Å². The molecule has 0 N–H and O–H groups in total. The zero-order valence-electron chi connectivity index (χ0n) is 7.92. The molecule has 0 aliphatic heterocycles. The average Bonchev–Trinajstić information content (AvgIpc) is 2.09. The molecule has 1 aromatic carbocycles. The van der Waals surface area contributed by atoms with E-state index in [1.807, 2.05) is 22.6 Å². The third-order valence-electron chi connectivity index (χ3n) is 1.93. The Bertz CT molecular complexity index is 529. The molecule has 0 radical (unpaired) electrons. The van der Waals surface area contributed by atoms with Crippen molar-refractivity contribution in [3.05, 3.63) is 26.8 Å². The normalized spacial score (nSPS) is 11.1. The van der Waals surface area contributed by atoms with Crippen LogP contribution in [0.2, 0.25) is 0 Å². The van der Waals surface area contributed by atoms with Crippen molar-refractivity contribution < 1.29 is 12.3 Å². The van der Waals surface area contributed by atoms with Crippen molar-refractivity contribution in [2.75, 3.05) is 0 Å². The van der Waals surface area contributed by atoms with Gasteiger partial charge in [0.25, 0.3) is 0 Å². The van der Waals surface area contributed by atoms with Gasteiger partial charge in [-0.2, -0.15) is 8.42 Å². The summed E-state index contributed by atoms with van der Waals surface area (Å²) in [5.41, 5.74) is 1.04. The van der Waals surface area contributed by atoms with E-state index in [1.165, 1.54) is 6.07 Å². The largest absolute Gasteiger partial charge is 0.332 e. The highest BCUT2D eigenvalue weighted by molar-refractivity contribution is 14.1. The molecular formula is C10H8FIO2S. The molecule has 0 aliphatic carbocycles. The van der Waals surface area contributed by atoms with Crippen molar-refractivity contribution in [2.45, 2.75) is 18.2 Å². The van der Waals surface area contributed by atoms with Crippen LogP contribution in [0.5, 0.6) is 0 Å². The van der Waals surface area contributed by atoms with E-state index in [0.717, 1.165) is 0 Å². The van der Waals surface area contributed by atoms with E-state index in [9.17, 15) is 12.3 Å². The van der Waals surface area contributed by atoms with E-state index >= 15 is 0 Å². The van der Waals surface area contributed by atoms with Gasteiger partial charge in [0, 0.05) is 9.99 Å². The lowest BCUT2D eigenvalue weighted by molar-refractivity contribution is 0.551. The fraction of sp³-hybridized carbons (Fsp3) is 0.200. The van der Waals surface area contributed by atoms with E-state index in [0.29, 0.717) is 21.1 Å². The van der Waals surface area contributed by atoms with Crippen LogP contribution in [0.25, 0.3) is 0 Å². The first kappa shape index (κ1) is 12.5. The highest BCUT2D eigenvalue weighted by Gasteiger charge is 2.17. The van der Waals surface area contributed by atoms with E-state index in [1.54, 1.807) is 13.0 Å². The molecule has 0 fully saturated rings. The van der Waals surface area contributed by atoms with Gasteiger partial charge >= 0.3 is 10.2 Å². The molecule has 0 bridgehead atoms. The predicted octanol–water partition coefficient (Wildman–Crippen LogP) is 2.43. The molecule has 0 atom stereocenters. The summed E-state index contributed by atoms with van der Waals surface area (Å²) in [6.07, 6.45) is 5.40. The van der Waals surface area contributed by atoms with Gasteiger partial charge in [0.2, 0.25) is 0 Å². The summed E-state index contributed by atoms with van der Waals surface area (Å²) in [5, 5.41) is 0. The van der Waals surface area contributed by atoms with Crippen LogP contribution < -0.4 is 0 Å². The first-order valence-electron chi connectivity index (χ1n) is 4.03. The average molecular weight is 338 g/mol. The van der Waals surface area contributed by atoms with Gasteiger partial charge in [-0.3, -0.25) is 0 Å². The summed E-state index contributed by atoms with van der Waals surface area (Å²) < 4.78 is 35.3. The third-order valence-corrected chi connectivity index (χ3v) is 4.00. The van der Waals surface area contributed by atoms with Crippen LogP contribution in [0.4, 0.5) is 3.89 Å². The number of terminal acetylenes is 1. The lowest BCUT2D eigenvalue weighted by Gasteiger charge is -2.06. The van der Waals surface area contributed by atoms with Crippen LogP contribution in [0.3, 0.4) is 0 Å². The van der Waals surface area contributed by atoms with Crippen molar-refractivity contribution in [1.29, 1.82) is 0 Å². The molecule has 5 heteroatoms. The van der Waals surface area contributed by atoms with Crippen LogP contribution in [-0.2, 0) is 16.6 Å². The maximum absolute atomic E-state index is 12.9. The lowest BCUT2D eigenvalue weighted by atomic mass is 10.1. The van der Waals surface area contributed by atoms with Gasteiger partial charge in [-0.05, 0) is 52.8 Å². The maximum atomic E-state index is 12.9. The Hall–Kier alpha value is -0.610. The topological polar surface area (TPSA) is 34.1 Å². The molecule has 0 spiro atoms. The summed E-state index contributed by atoms with van der Waals surface area (Å²) in [5.74, 6) is 2.39. The minimum atomic E-state index is -4.67. The van der Waals surface area contributed by atoms with E-state index < -0.39 is 10.2 Å². The number of hydrogen-bond donors (Lipinski definition) is 0. The summed E-state index contributed by atoms with van der Waals surface area (Å²) in [4.78, 5) is -0.292. The maximum Gasteiger partial charge on any atom is 0.332 e. The fourth-order valence-electron chi connectivity index (χ4n) is 1.18. The second-order valence-corrected chi connectivity index (χ2v) is 5.50. The minimum Gasteiger partial charge on any atom is -0.189 e. The molecule has 0 unspecified atom stereocenters. The molecule has 0 aliphatic rings. The van der Waals surface area contributed by atoms with Gasteiger partial charge in [0.15, 0.2) is 0 Å². The number of hydrogen-bond acceptors (Lipinski definition) is 2. The quantitative estimate of drug-likeness (QED) is 0.472. The van der Waals surface area contributed by atoms with Crippen molar-refractivity contribution in [2.24, 2.45) is 0 Å². The molecule has 1 aromatic rings.